The van der Waals surface area contributed by atoms with E-state index in [2.05, 4.69) is 26.8 Å². The first-order valence-electron chi connectivity index (χ1n) is 10.5. The molecule has 2 aliphatic rings. The van der Waals surface area contributed by atoms with E-state index in [0.717, 1.165) is 30.9 Å². The van der Waals surface area contributed by atoms with Crippen LogP contribution in [0.3, 0.4) is 0 Å². The second kappa shape index (κ2) is 12.5. The third kappa shape index (κ3) is 7.29. The zero-order chi connectivity index (χ0) is 23.7. The minimum atomic E-state index is -0.469. The molecule has 5 N–H and O–H groups in total. The van der Waals surface area contributed by atoms with Gasteiger partial charge in [-0.3, -0.25) is 4.79 Å². The minimum absolute atomic E-state index is 0.417. The van der Waals surface area contributed by atoms with Gasteiger partial charge in [-0.05, 0) is 56.3 Å². The number of nitrogens with two attached hydrogens (primary N) is 2. The van der Waals surface area contributed by atoms with Gasteiger partial charge in [0.05, 0.1) is 27.5 Å². The predicted molar refractivity (Wildman–Crippen MR) is 129 cm³/mol. The fraction of sp³-hybridized carbons (Fsp3) is 0.391. The second-order valence-corrected chi connectivity index (χ2v) is 8.38. The molecular formula is C23H29Cl2N5O2. The first-order valence-corrected chi connectivity index (χ1v) is 11.2. The topological polar surface area (TPSA) is 128 Å². The zero-order valence-electron chi connectivity index (χ0n) is 18.1. The molecule has 9 heteroatoms. The van der Waals surface area contributed by atoms with Crippen LogP contribution in [0.15, 0.2) is 30.6 Å². The van der Waals surface area contributed by atoms with Crippen LogP contribution in [0.2, 0.25) is 10.0 Å². The number of aromatic nitrogens is 3. The summed E-state index contributed by atoms with van der Waals surface area (Å²) in [5.41, 5.74) is 13.6. The third-order valence-electron chi connectivity index (χ3n) is 5.18. The molecule has 0 radical (unpaired) electrons. The number of H-pyrrole nitrogens is 1. The Morgan fingerprint density at radius 2 is 1.84 bits per heavy atom. The molecule has 1 aromatic carbocycles. The first-order chi connectivity index (χ1) is 15.5. The SMILES string of the molecule is C=O.CN.Clc1ccc(CCC2CC2)cc1Cl.NC(=O)c1c[nH]c2ncc(C3CC3)nc12. The maximum Gasteiger partial charge on any atom is 0.252 e. The van der Waals surface area contributed by atoms with Gasteiger partial charge >= 0.3 is 0 Å². The van der Waals surface area contributed by atoms with Crippen molar-refractivity contribution in [2.45, 2.75) is 44.4 Å². The molecule has 1 amide bonds. The number of primary amides is 1. The third-order valence-corrected chi connectivity index (χ3v) is 5.92. The summed E-state index contributed by atoms with van der Waals surface area (Å²) in [7, 11) is 1.50. The van der Waals surface area contributed by atoms with Crippen LogP contribution in [0.5, 0.6) is 0 Å². The second-order valence-electron chi connectivity index (χ2n) is 7.56. The Bertz CT molecular complexity index is 1030. The minimum Gasteiger partial charge on any atom is -0.365 e. The van der Waals surface area contributed by atoms with Crippen LogP contribution in [-0.2, 0) is 11.2 Å². The monoisotopic (exact) mass is 477 g/mol. The first kappa shape index (κ1) is 25.8. The van der Waals surface area contributed by atoms with Crippen molar-refractivity contribution in [3.63, 3.8) is 0 Å². The van der Waals surface area contributed by atoms with Gasteiger partial charge in [0, 0.05) is 12.1 Å². The number of hydrogen-bond donors (Lipinski definition) is 3. The zero-order valence-corrected chi connectivity index (χ0v) is 19.6. The number of carbonyl (C=O) groups is 2. The van der Waals surface area contributed by atoms with Crippen LogP contribution >= 0.6 is 23.2 Å². The fourth-order valence-electron chi connectivity index (χ4n) is 3.14. The fourth-order valence-corrected chi connectivity index (χ4v) is 3.46. The Balaban J connectivity index is 0.000000198. The van der Waals surface area contributed by atoms with Crippen LogP contribution in [-0.4, -0.2) is 34.7 Å². The summed E-state index contributed by atoms with van der Waals surface area (Å²) in [4.78, 5) is 30.6. The van der Waals surface area contributed by atoms with E-state index in [1.165, 1.54) is 31.9 Å². The Labute approximate surface area is 197 Å². The lowest BCUT2D eigenvalue weighted by Crippen LogP contribution is -2.10. The van der Waals surface area contributed by atoms with E-state index in [1.54, 1.807) is 12.4 Å². The molecule has 32 heavy (non-hydrogen) atoms. The molecule has 0 saturated heterocycles. The van der Waals surface area contributed by atoms with Crippen molar-refractivity contribution in [3.05, 3.63) is 57.5 Å². The Hall–Kier alpha value is -2.48. The van der Waals surface area contributed by atoms with Crippen molar-refractivity contribution >= 4 is 47.1 Å². The highest BCUT2D eigenvalue weighted by Crippen LogP contribution is 2.39. The van der Waals surface area contributed by atoms with Gasteiger partial charge in [-0.1, -0.05) is 42.1 Å². The number of fused-ring (bicyclic) bond motifs is 1. The molecule has 3 aromatic rings. The molecule has 5 rings (SSSR count). The van der Waals surface area contributed by atoms with E-state index < -0.39 is 5.91 Å². The van der Waals surface area contributed by atoms with E-state index in [-0.39, 0.29) is 0 Å². The molecule has 0 unspecified atom stereocenters. The van der Waals surface area contributed by atoms with E-state index in [0.29, 0.717) is 32.7 Å². The van der Waals surface area contributed by atoms with Crippen LogP contribution in [0.1, 0.15) is 59.6 Å². The normalized spacial score (nSPS) is 14.2. The molecular weight excluding hydrogens is 449 g/mol. The van der Waals surface area contributed by atoms with Crippen molar-refractivity contribution in [2.75, 3.05) is 7.05 Å². The smallest absolute Gasteiger partial charge is 0.252 e. The standard InChI is InChI=1S/C11H12Cl2.C10H10N4O.CH5N.CH2O/c12-10-6-5-9(7-11(10)13)4-3-8-1-2-8;11-9(15)6-3-12-10-8(6)14-7(4-13-10)5-1-2-5;2*1-2/h5-8H,1-4H2;3-5H,1-2H2,(H2,11,15)(H,12,13);2H2,1H3;1H2. The molecule has 2 heterocycles. The number of aromatic amines is 1. The molecule has 2 saturated carbocycles. The Morgan fingerprint density at radius 1 is 1.16 bits per heavy atom. The molecule has 0 spiro atoms. The lowest BCUT2D eigenvalue weighted by atomic mass is 10.1. The average Bonchev–Trinajstić information content (AvgIpc) is 3.75. The number of amides is 1. The highest BCUT2D eigenvalue weighted by molar-refractivity contribution is 6.42. The lowest BCUT2D eigenvalue weighted by molar-refractivity contribution is -0.0980. The van der Waals surface area contributed by atoms with Crippen molar-refractivity contribution in [1.82, 2.24) is 15.0 Å². The maximum atomic E-state index is 11.1. The van der Waals surface area contributed by atoms with E-state index in [9.17, 15) is 4.79 Å². The van der Waals surface area contributed by atoms with Gasteiger partial charge in [0.15, 0.2) is 5.65 Å². The summed E-state index contributed by atoms with van der Waals surface area (Å²) in [6.07, 6.45) is 10.9. The van der Waals surface area contributed by atoms with Crippen LogP contribution in [0.25, 0.3) is 11.2 Å². The van der Waals surface area contributed by atoms with Crippen molar-refractivity contribution in [1.29, 1.82) is 0 Å². The molecule has 2 fully saturated rings. The highest BCUT2D eigenvalue weighted by Gasteiger charge is 2.26. The Morgan fingerprint density at radius 3 is 2.41 bits per heavy atom. The van der Waals surface area contributed by atoms with Gasteiger partial charge in [0.1, 0.15) is 12.3 Å². The average molecular weight is 478 g/mol. The summed E-state index contributed by atoms with van der Waals surface area (Å²) in [5.74, 6) is 1.04. The van der Waals surface area contributed by atoms with Crippen LogP contribution < -0.4 is 11.5 Å². The van der Waals surface area contributed by atoms with E-state index in [4.69, 9.17) is 33.7 Å². The molecule has 7 nitrogen and oxygen atoms in total. The summed E-state index contributed by atoms with van der Waals surface area (Å²) < 4.78 is 0. The molecule has 0 aliphatic heterocycles. The van der Waals surface area contributed by atoms with Crippen molar-refractivity contribution in [2.24, 2.45) is 17.4 Å². The van der Waals surface area contributed by atoms with Crippen LogP contribution in [0, 0.1) is 5.92 Å². The molecule has 2 aliphatic carbocycles. The van der Waals surface area contributed by atoms with E-state index in [1.807, 2.05) is 18.9 Å². The quantitative estimate of drug-likeness (QED) is 0.491. The number of carbonyl (C=O) groups excluding carboxylic acids is 2. The Kier molecular flexibility index (Phi) is 10.1. The number of aryl methyl sites for hydroxylation is 1. The summed E-state index contributed by atoms with van der Waals surface area (Å²) in [6, 6.07) is 5.93. The number of nitrogens with one attached hydrogen (secondary N) is 1. The highest BCUT2D eigenvalue weighted by atomic mass is 35.5. The number of halogens is 2. The van der Waals surface area contributed by atoms with Gasteiger partial charge in [-0.2, -0.15) is 0 Å². The van der Waals surface area contributed by atoms with Gasteiger partial charge in [-0.25, -0.2) is 9.97 Å². The maximum absolute atomic E-state index is 11.1. The van der Waals surface area contributed by atoms with Crippen molar-refractivity contribution < 1.29 is 9.59 Å². The number of nitrogens with zero attached hydrogens (tertiary/aromatic N) is 2. The lowest BCUT2D eigenvalue weighted by Gasteiger charge is -2.01. The predicted octanol–water partition coefficient (Wildman–Crippen LogP) is 4.66. The van der Waals surface area contributed by atoms with Gasteiger partial charge in [0.2, 0.25) is 0 Å². The summed E-state index contributed by atoms with van der Waals surface area (Å²) in [6.45, 7) is 2.00. The largest absolute Gasteiger partial charge is 0.365 e. The van der Waals surface area contributed by atoms with Crippen LogP contribution in [0.4, 0.5) is 0 Å². The van der Waals surface area contributed by atoms with Gasteiger partial charge in [0.25, 0.3) is 5.91 Å². The molecule has 0 bridgehead atoms. The number of hydrogen-bond acceptors (Lipinski definition) is 5. The molecule has 0 atom stereocenters. The summed E-state index contributed by atoms with van der Waals surface area (Å²) >= 11 is 11.7. The molecule has 2 aromatic heterocycles. The molecule has 172 valence electrons. The number of rotatable bonds is 5. The van der Waals surface area contributed by atoms with Crippen molar-refractivity contribution in [3.8, 4) is 0 Å². The summed E-state index contributed by atoms with van der Waals surface area (Å²) in [5, 5.41) is 1.33. The van der Waals surface area contributed by atoms with E-state index >= 15 is 0 Å². The number of benzene rings is 1. The van der Waals surface area contributed by atoms with Gasteiger partial charge < -0.3 is 21.2 Å². The van der Waals surface area contributed by atoms with Gasteiger partial charge in [-0.15, -0.1) is 0 Å².